The molecular weight excluding hydrogens is 539 g/mol. The molecule has 2 aromatic carbocycles. The van der Waals surface area contributed by atoms with E-state index in [9.17, 15) is 19.5 Å². The van der Waals surface area contributed by atoms with Crippen LogP contribution in [0.3, 0.4) is 0 Å². The number of benzene rings is 2. The standard InChI is InChI=1S/C29H38Cl2N4O4/c1-18(2)25(33-26(37)19-13-22(31)15-23(14-19)32-24(36)16-34(5)6)27(38)35-12-11-29(39,28(3,4)17-35)20-7-9-21(30)10-8-20/h7-10,13-15,18,25,39H,11-12,16-17H2,1-6H3,(H,32,36)(H,33,37)/t25-,29+/m1/s1. The molecule has 0 spiro atoms. The number of likely N-dealkylation sites (tertiary alicyclic amines) is 1. The maximum atomic E-state index is 13.7. The number of likely N-dealkylation sites (N-methyl/N-ethyl adjacent to an activating group) is 1. The number of anilines is 1. The Morgan fingerprint density at radius 2 is 1.69 bits per heavy atom. The first-order chi connectivity index (χ1) is 18.1. The van der Waals surface area contributed by atoms with Crippen molar-refractivity contribution in [2.75, 3.05) is 39.0 Å². The molecule has 2 atom stereocenters. The summed E-state index contributed by atoms with van der Waals surface area (Å²) in [5, 5.41) is 18.2. The summed E-state index contributed by atoms with van der Waals surface area (Å²) in [6, 6.07) is 10.9. The van der Waals surface area contributed by atoms with Crippen molar-refractivity contribution < 1.29 is 19.5 Å². The van der Waals surface area contributed by atoms with Crippen LogP contribution in [0.15, 0.2) is 42.5 Å². The minimum atomic E-state index is -1.14. The second kappa shape index (κ2) is 12.3. The largest absolute Gasteiger partial charge is 0.384 e. The predicted octanol–water partition coefficient (Wildman–Crippen LogP) is 4.39. The lowest BCUT2D eigenvalue weighted by atomic mass is 9.66. The van der Waals surface area contributed by atoms with Crippen molar-refractivity contribution >= 4 is 46.6 Å². The monoisotopic (exact) mass is 576 g/mol. The molecule has 212 valence electrons. The average molecular weight is 578 g/mol. The van der Waals surface area contributed by atoms with Gasteiger partial charge in [-0.05, 0) is 62.3 Å². The third-order valence-corrected chi connectivity index (χ3v) is 7.68. The number of nitrogens with one attached hydrogen (secondary N) is 2. The fraction of sp³-hybridized carbons (Fsp3) is 0.483. The Balaban J connectivity index is 1.76. The minimum Gasteiger partial charge on any atom is -0.384 e. The zero-order valence-electron chi connectivity index (χ0n) is 23.3. The highest BCUT2D eigenvalue weighted by atomic mass is 35.5. The minimum absolute atomic E-state index is 0.178. The van der Waals surface area contributed by atoms with Gasteiger partial charge < -0.3 is 25.5 Å². The topological polar surface area (TPSA) is 102 Å². The molecule has 1 heterocycles. The highest BCUT2D eigenvalue weighted by molar-refractivity contribution is 6.31. The summed E-state index contributed by atoms with van der Waals surface area (Å²) in [4.78, 5) is 42.6. The van der Waals surface area contributed by atoms with Gasteiger partial charge in [0.2, 0.25) is 11.8 Å². The number of nitrogens with zero attached hydrogens (tertiary/aromatic N) is 2. The van der Waals surface area contributed by atoms with Gasteiger partial charge in [-0.15, -0.1) is 0 Å². The smallest absolute Gasteiger partial charge is 0.252 e. The Morgan fingerprint density at radius 3 is 2.26 bits per heavy atom. The van der Waals surface area contributed by atoms with Gasteiger partial charge in [0, 0.05) is 39.8 Å². The van der Waals surface area contributed by atoms with Crippen molar-refractivity contribution in [2.24, 2.45) is 11.3 Å². The summed E-state index contributed by atoms with van der Waals surface area (Å²) < 4.78 is 0. The van der Waals surface area contributed by atoms with Crippen LogP contribution in [0.1, 0.15) is 50.0 Å². The first-order valence-electron chi connectivity index (χ1n) is 13.0. The van der Waals surface area contributed by atoms with Crippen LogP contribution >= 0.6 is 23.2 Å². The molecular formula is C29H38Cl2N4O4. The molecule has 3 N–H and O–H groups in total. The lowest BCUT2D eigenvalue weighted by Gasteiger charge is -2.51. The lowest BCUT2D eigenvalue weighted by Crippen LogP contribution is -2.60. The van der Waals surface area contributed by atoms with E-state index in [0.717, 1.165) is 5.56 Å². The third-order valence-electron chi connectivity index (χ3n) is 7.21. The first-order valence-corrected chi connectivity index (χ1v) is 13.7. The van der Waals surface area contributed by atoms with Crippen LogP contribution in [0.4, 0.5) is 5.69 Å². The molecule has 2 aromatic rings. The molecule has 1 aliphatic heterocycles. The highest BCUT2D eigenvalue weighted by Gasteiger charge is 2.50. The molecule has 1 saturated heterocycles. The van der Waals surface area contributed by atoms with Gasteiger partial charge in [0.1, 0.15) is 6.04 Å². The van der Waals surface area contributed by atoms with E-state index >= 15 is 0 Å². The van der Waals surface area contributed by atoms with E-state index in [1.807, 2.05) is 39.8 Å². The van der Waals surface area contributed by atoms with Crippen LogP contribution in [0.25, 0.3) is 0 Å². The quantitative estimate of drug-likeness (QED) is 0.432. The molecule has 1 aliphatic rings. The van der Waals surface area contributed by atoms with Crippen LogP contribution in [0.2, 0.25) is 10.0 Å². The van der Waals surface area contributed by atoms with Crippen LogP contribution in [0.5, 0.6) is 0 Å². The molecule has 0 aromatic heterocycles. The molecule has 0 unspecified atom stereocenters. The molecule has 0 saturated carbocycles. The SMILES string of the molecule is CC(C)[C@@H](NC(=O)c1cc(Cl)cc(NC(=O)CN(C)C)c1)C(=O)N1CC[C@](O)(c2ccc(Cl)cc2)C(C)(C)C1. The maximum absolute atomic E-state index is 13.7. The maximum Gasteiger partial charge on any atom is 0.252 e. The van der Waals surface area contributed by atoms with E-state index in [4.69, 9.17) is 23.2 Å². The molecule has 39 heavy (non-hydrogen) atoms. The fourth-order valence-electron chi connectivity index (χ4n) is 4.99. The fourth-order valence-corrected chi connectivity index (χ4v) is 5.35. The van der Waals surface area contributed by atoms with Gasteiger partial charge in [-0.2, -0.15) is 0 Å². The molecule has 3 amide bonds. The summed E-state index contributed by atoms with van der Waals surface area (Å²) in [5.41, 5.74) is -0.415. The van der Waals surface area contributed by atoms with Crippen molar-refractivity contribution in [3.8, 4) is 0 Å². The summed E-state index contributed by atoms with van der Waals surface area (Å²) in [5.74, 6) is -1.12. The summed E-state index contributed by atoms with van der Waals surface area (Å²) in [6.07, 6.45) is 0.344. The number of carbonyl (C=O) groups excluding carboxylic acids is 3. The second-order valence-corrected chi connectivity index (χ2v) is 12.3. The highest BCUT2D eigenvalue weighted by Crippen LogP contribution is 2.46. The van der Waals surface area contributed by atoms with Crippen molar-refractivity contribution in [3.05, 3.63) is 63.6 Å². The van der Waals surface area contributed by atoms with Gasteiger partial charge >= 0.3 is 0 Å². The van der Waals surface area contributed by atoms with Gasteiger partial charge in [-0.1, -0.05) is 63.0 Å². The van der Waals surface area contributed by atoms with Crippen LogP contribution < -0.4 is 10.6 Å². The average Bonchev–Trinajstić information content (AvgIpc) is 2.82. The van der Waals surface area contributed by atoms with E-state index in [-0.39, 0.29) is 34.9 Å². The number of hydrogen-bond donors (Lipinski definition) is 3. The number of rotatable bonds is 8. The molecule has 10 heteroatoms. The van der Waals surface area contributed by atoms with E-state index in [1.54, 1.807) is 42.1 Å². The Morgan fingerprint density at radius 1 is 1.05 bits per heavy atom. The van der Waals surface area contributed by atoms with Crippen molar-refractivity contribution in [1.29, 1.82) is 0 Å². The summed E-state index contributed by atoms with van der Waals surface area (Å²) >= 11 is 12.3. The molecule has 3 rings (SSSR count). The van der Waals surface area contributed by atoms with Crippen molar-refractivity contribution in [3.63, 3.8) is 0 Å². The summed E-state index contributed by atoms with van der Waals surface area (Å²) in [6.45, 7) is 8.42. The number of hydrogen-bond acceptors (Lipinski definition) is 5. The van der Waals surface area contributed by atoms with Gasteiger partial charge in [-0.3, -0.25) is 14.4 Å². The Bertz CT molecular complexity index is 1220. The number of carbonyl (C=O) groups is 3. The third kappa shape index (κ3) is 7.31. The van der Waals surface area contributed by atoms with Crippen LogP contribution in [0, 0.1) is 11.3 Å². The first kappa shape index (κ1) is 30.9. The zero-order valence-corrected chi connectivity index (χ0v) is 24.9. The van der Waals surface area contributed by atoms with E-state index in [0.29, 0.717) is 30.2 Å². The number of halogens is 2. The zero-order chi connectivity index (χ0) is 29.1. The molecule has 1 fully saturated rings. The number of piperidine rings is 1. The van der Waals surface area contributed by atoms with E-state index < -0.39 is 23.0 Å². The molecule has 8 nitrogen and oxygen atoms in total. The Hall–Kier alpha value is -2.65. The van der Waals surface area contributed by atoms with Crippen molar-refractivity contribution in [2.45, 2.75) is 45.8 Å². The van der Waals surface area contributed by atoms with E-state index in [2.05, 4.69) is 10.6 Å². The van der Waals surface area contributed by atoms with Gasteiger partial charge in [0.15, 0.2) is 0 Å². The van der Waals surface area contributed by atoms with Gasteiger partial charge in [0.25, 0.3) is 5.91 Å². The van der Waals surface area contributed by atoms with E-state index in [1.165, 1.54) is 12.1 Å². The van der Waals surface area contributed by atoms with Crippen LogP contribution in [-0.4, -0.2) is 72.4 Å². The molecule has 0 radical (unpaired) electrons. The number of amides is 3. The Kier molecular flexibility index (Phi) is 9.70. The van der Waals surface area contributed by atoms with Gasteiger partial charge in [-0.25, -0.2) is 0 Å². The normalized spacial score (nSPS) is 19.6. The van der Waals surface area contributed by atoms with Gasteiger partial charge in [0.05, 0.1) is 12.1 Å². The molecule has 0 bridgehead atoms. The number of aliphatic hydroxyl groups is 1. The van der Waals surface area contributed by atoms with Crippen molar-refractivity contribution in [1.82, 2.24) is 15.1 Å². The second-order valence-electron chi connectivity index (χ2n) is 11.5. The summed E-state index contributed by atoms with van der Waals surface area (Å²) in [7, 11) is 3.56. The predicted molar refractivity (Wildman–Crippen MR) is 155 cm³/mol. The Labute approximate surface area is 240 Å². The van der Waals surface area contributed by atoms with Crippen LogP contribution in [-0.2, 0) is 15.2 Å². The molecule has 0 aliphatic carbocycles. The lowest BCUT2D eigenvalue weighted by molar-refractivity contribution is -0.155.